The molecule has 0 spiro atoms. The molecule has 0 saturated heterocycles. The second-order valence-corrected chi connectivity index (χ2v) is 5.91. The summed E-state index contributed by atoms with van der Waals surface area (Å²) < 4.78 is 39.7. The molecule has 0 amide bonds. The number of aryl methyl sites for hydroxylation is 2. The van der Waals surface area contributed by atoms with Crippen LogP contribution in [0.3, 0.4) is 0 Å². The third-order valence-corrected chi connectivity index (χ3v) is 4.71. The smallest absolute Gasteiger partial charge is 0.194 e. The van der Waals surface area contributed by atoms with E-state index in [2.05, 4.69) is 10.3 Å². The summed E-state index contributed by atoms with van der Waals surface area (Å²) in [4.78, 5) is 5.78. The van der Waals surface area contributed by atoms with E-state index in [1.807, 2.05) is 0 Å². The lowest BCUT2D eigenvalue weighted by Crippen LogP contribution is -2.18. The van der Waals surface area contributed by atoms with Crippen LogP contribution < -0.4 is 5.32 Å². The van der Waals surface area contributed by atoms with E-state index >= 15 is 0 Å². The molecule has 1 unspecified atom stereocenters. The zero-order chi connectivity index (χ0) is 14.3. The highest BCUT2D eigenvalue weighted by Gasteiger charge is 2.24. The van der Waals surface area contributed by atoms with Crippen LogP contribution >= 0.6 is 11.3 Å². The topological polar surface area (TPSA) is 24.9 Å². The van der Waals surface area contributed by atoms with E-state index in [4.69, 9.17) is 0 Å². The van der Waals surface area contributed by atoms with Crippen molar-refractivity contribution in [2.24, 2.45) is 0 Å². The van der Waals surface area contributed by atoms with Crippen LogP contribution in [0.25, 0.3) is 0 Å². The van der Waals surface area contributed by atoms with Gasteiger partial charge in [-0.15, -0.1) is 11.3 Å². The van der Waals surface area contributed by atoms with Crippen LogP contribution in [0.15, 0.2) is 12.1 Å². The molecule has 2 nitrogen and oxygen atoms in total. The fourth-order valence-electron chi connectivity index (χ4n) is 2.51. The fraction of sp³-hybridized carbons (Fsp3) is 0.357. The van der Waals surface area contributed by atoms with Crippen molar-refractivity contribution in [1.82, 2.24) is 10.3 Å². The number of hydrogen-bond acceptors (Lipinski definition) is 3. The molecule has 0 saturated carbocycles. The molecule has 106 valence electrons. The maximum Gasteiger partial charge on any atom is 0.194 e. The molecule has 1 heterocycles. The molecule has 0 fully saturated rings. The lowest BCUT2D eigenvalue weighted by atomic mass is 10.1. The van der Waals surface area contributed by atoms with Crippen LogP contribution in [0.2, 0.25) is 0 Å². The van der Waals surface area contributed by atoms with Gasteiger partial charge < -0.3 is 5.32 Å². The van der Waals surface area contributed by atoms with Gasteiger partial charge in [-0.05, 0) is 44.0 Å². The van der Waals surface area contributed by atoms with E-state index in [-0.39, 0.29) is 0 Å². The van der Waals surface area contributed by atoms with Crippen LogP contribution in [0.4, 0.5) is 13.2 Å². The molecule has 3 rings (SSSR count). The Morgan fingerprint density at radius 1 is 1.20 bits per heavy atom. The van der Waals surface area contributed by atoms with Crippen molar-refractivity contribution in [2.45, 2.75) is 25.3 Å². The quantitative estimate of drug-likeness (QED) is 0.879. The fourth-order valence-corrected chi connectivity index (χ4v) is 3.80. The van der Waals surface area contributed by atoms with E-state index < -0.39 is 23.5 Å². The molecule has 0 bridgehead atoms. The Balaban J connectivity index is 2.00. The van der Waals surface area contributed by atoms with Gasteiger partial charge in [0.1, 0.15) is 5.01 Å². The summed E-state index contributed by atoms with van der Waals surface area (Å²) in [5.41, 5.74) is 1.42. The first-order valence-electron chi connectivity index (χ1n) is 6.40. The van der Waals surface area contributed by atoms with Crippen LogP contribution in [0, 0.1) is 17.5 Å². The molecule has 1 atom stereocenters. The minimum atomic E-state index is -1.44. The SMILES string of the molecule is CNC(c1cc(F)c(F)c(F)c1)c1nc2c(s1)CCC2. The van der Waals surface area contributed by atoms with Gasteiger partial charge in [0.05, 0.1) is 11.7 Å². The van der Waals surface area contributed by atoms with Gasteiger partial charge in [-0.1, -0.05) is 0 Å². The largest absolute Gasteiger partial charge is 0.307 e. The lowest BCUT2D eigenvalue weighted by molar-refractivity contribution is 0.443. The molecule has 1 aliphatic carbocycles. The summed E-state index contributed by atoms with van der Waals surface area (Å²) >= 11 is 1.55. The van der Waals surface area contributed by atoms with E-state index in [1.165, 1.54) is 4.88 Å². The highest BCUT2D eigenvalue weighted by molar-refractivity contribution is 7.11. The Bertz CT molecular complexity index is 609. The zero-order valence-electron chi connectivity index (χ0n) is 10.8. The van der Waals surface area contributed by atoms with Crippen LogP contribution in [0.1, 0.15) is 33.6 Å². The first-order valence-corrected chi connectivity index (χ1v) is 7.22. The van der Waals surface area contributed by atoms with Gasteiger partial charge in [0.15, 0.2) is 17.5 Å². The number of nitrogens with zero attached hydrogens (tertiary/aromatic N) is 1. The number of halogens is 3. The van der Waals surface area contributed by atoms with Crippen LogP contribution in [0.5, 0.6) is 0 Å². The maximum atomic E-state index is 13.4. The number of hydrogen-bond donors (Lipinski definition) is 1. The number of fused-ring (bicyclic) bond motifs is 1. The molecule has 1 aromatic carbocycles. The minimum absolute atomic E-state index is 0.344. The molecule has 1 aromatic heterocycles. The molecule has 20 heavy (non-hydrogen) atoms. The average Bonchev–Trinajstić information content (AvgIpc) is 2.98. The van der Waals surface area contributed by atoms with E-state index in [0.29, 0.717) is 5.56 Å². The minimum Gasteiger partial charge on any atom is -0.307 e. The summed E-state index contributed by atoms with van der Waals surface area (Å²) in [5, 5.41) is 3.76. The van der Waals surface area contributed by atoms with Gasteiger partial charge in [0.25, 0.3) is 0 Å². The summed E-state index contributed by atoms with van der Waals surface area (Å²) in [6, 6.07) is 1.62. The normalized spacial score (nSPS) is 15.4. The van der Waals surface area contributed by atoms with Crippen molar-refractivity contribution in [1.29, 1.82) is 0 Å². The Morgan fingerprint density at radius 3 is 2.50 bits per heavy atom. The highest BCUT2D eigenvalue weighted by Crippen LogP contribution is 2.33. The summed E-state index contributed by atoms with van der Waals surface area (Å²) in [6.07, 6.45) is 3.07. The van der Waals surface area contributed by atoms with E-state index in [0.717, 1.165) is 42.1 Å². The number of thiazole rings is 1. The average molecular weight is 298 g/mol. The number of benzene rings is 1. The molecular formula is C14H13F3N2S. The zero-order valence-corrected chi connectivity index (χ0v) is 11.7. The molecular weight excluding hydrogens is 285 g/mol. The Kier molecular flexibility index (Phi) is 3.52. The Morgan fingerprint density at radius 2 is 1.90 bits per heavy atom. The number of nitrogens with one attached hydrogen (secondary N) is 1. The predicted octanol–water partition coefficient (Wildman–Crippen LogP) is 3.36. The van der Waals surface area contributed by atoms with Crippen molar-refractivity contribution in [3.8, 4) is 0 Å². The van der Waals surface area contributed by atoms with Gasteiger partial charge >= 0.3 is 0 Å². The van der Waals surface area contributed by atoms with E-state index in [1.54, 1.807) is 18.4 Å². The molecule has 0 aliphatic heterocycles. The summed E-state index contributed by atoms with van der Waals surface area (Å²) in [6.45, 7) is 0. The number of rotatable bonds is 3. The second-order valence-electron chi connectivity index (χ2n) is 4.80. The second kappa shape index (κ2) is 5.18. The van der Waals surface area contributed by atoms with E-state index in [9.17, 15) is 13.2 Å². The van der Waals surface area contributed by atoms with Crippen molar-refractivity contribution < 1.29 is 13.2 Å². The third kappa shape index (κ3) is 2.23. The summed E-state index contributed by atoms with van der Waals surface area (Å²) in [7, 11) is 1.69. The standard InChI is InChI=1S/C14H13F3N2S/c1-18-13(7-5-8(15)12(17)9(16)6-7)14-19-10-3-2-4-11(10)20-14/h5-6,13,18H,2-4H2,1H3. The van der Waals surface area contributed by atoms with Crippen molar-refractivity contribution in [2.75, 3.05) is 7.05 Å². The van der Waals surface area contributed by atoms with Crippen LogP contribution in [-0.2, 0) is 12.8 Å². The lowest BCUT2D eigenvalue weighted by Gasteiger charge is -2.14. The van der Waals surface area contributed by atoms with Crippen molar-refractivity contribution >= 4 is 11.3 Å². The van der Waals surface area contributed by atoms with Gasteiger partial charge in [-0.2, -0.15) is 0 Å². The predicted molar refractivity (Wildman–Crippen MR) is 71.4 cm³/mol. The molecule has 0 radical (unpaired) electrons. The maximum absolute atomic E-state index is 13.4. The van der Waals surface area contributed by atoms with Crippen LogP contribution in [-0.4, -0.2) is 12.0 Å². The highest BCUT2D eigenvalue weighted by atomic mass is 32.1. The van der Waals surface area contributed by atoms with Crippen molar-refractivity contribution in [3.05, 3.63) is 50.7 Å². The Labute approximate surface area is 118 Å². The van der Waals surface area contributed by atoms with Crippen molar-refractivity contribution in [3.63, 3.8) is 0 Å². The summed E-state index contributed by atoms with van der Waals surface area (Å²) in [5.74, 6) is -3.79. The first-order chi connectivity index (χ1) is 9.60. The molecule has 6 heteroatoms. The van der Waals surface area contributed by atoms with Gasteiger partial charge in [-0.3, -0.25) is 0 Å². The first kappa shape index (κ1) is 13.6. The Hall–Kier alpha value is -1.40. The van der Waals surface area contributed by atoms with Gasteiger partial charge in [-0.25, -0.2) is 18.2 Å². The van der Waals surface area contributed by atoms with Gasteiger partial charge in [0.2, 0.25) is 0 Å². The number of aromatic nitrogens is 1. The third-order valence-electron chi connectivity index (χ3n) is 3.49. The molecule has 1 aliphatic rings. The monoisotopic (exact) mass is 298 g/mol. The molecule has 1 N–H and O–H groups in total. The van der Waals surface area contributed by atoms with Gasteiger partial charge in [0, 0.05) is 4.88 Å². The molecule has 2 aromatic rings.